The van der Waals surface area contributed by atoms with E-state index in [1.165, 1.54) is 5.69 Å². The standard InChI is InChI=1S/C18H23N7/c1-13-14(2)23(3)17(22-13)16-19-9-12-25(16)15-5-10-24(11-6-15)18-20-7-4-8-21-18/h4,7-9,12,15H,5-6,10-11H2,1-3H3. The van der Waals surface area contributed by atoms with Crippen LogP contribution in [0.25, 0.3) is 11.6 Å². The van der Waals surface area contributed by atoms with Gasteiger partial charge in [-0.1, -0.05) is 0 Å². The summed E-state index contributed by atoms with van der Waals surface area (Å²) in [5.74, 6) is 2.71. The molecule has 7 heteroatoms. The molecular weight excluding hydrogens is 314 g/mol. The molecular formula is C18H23N7. The van der Waals surface area contributed by atoms with Gasteiger partial charge in [-0.3, -0.25) is 0 Å². The van der Waals surface area contributed by atoms with Crippen LogP contribution in [0.15, 0.2) is 30.9 Å². The summed E-state index contributed by atoms with van der Waals surface area (Å²) in [5.41, 5.74) is 2.24. The molecule has 0 aromatic carbocycles. The highest BCUT2D eigenvalue weighted by atomic mass is 15.3. The van der Waals surface area contributed by atoms with Crippen molar-refractivity contribution in [2.75, 3.05) is 18.0 Å². The zero-order chi connectivity index (χ0) is 17.4. The number of anilines is 1. The van der Waals surface area contributed by atoms with Gasteiger partial charge in [0.2, 0.25) is 5.95 Å². The molecule has 4 heterocycles. The molecule has 1 fully saturated rings. The third-order valence-corrected chi connectivity index (χ3v) is 5.18. The monoisotopic (exact) mass is 337 g/mol. The number of imidazole rings is 2. The average molecular weight is 337 g/mol. The fourth-order valence-electron chi connectivity index (χ4n) is 3.50. The van der Waals surface area contributed by atoms with Crippen LogP contribution < -0.4 is 4.90 Å². The minimum absolute atomic E-state index is 0.426. The van der Waals surface area contributed by atoms with E-state index in [1.54, 1.807) is 12.4 Å². The van der Waals surface area contributed by atoms with Crippen LogP contribution in [0, 0.1) is 13.8 Å². The predicted molar refractivity (Wildman–Crippen MR) is 96.4 cm³/mol. The van der Waals surface area contributed by atoms with Crippen LogP contribution in [0.3, 0.4) is 0 Å². The van der Waals surface area contributed by atoms with Crippen LogP contribution in [-0.4, -0.2) is 42.2 Å². The number of piperidine rings is 1. The van der Waals surface area contributed by atoms with Crippen molar-refractivity contribution in [3.8, 4) is 11.6 Å². The van der Waals surface area contributed by atoms with E-state index in [0.717, 1.165) is 49.2 Å². The molecule has 130 valence electrons. The molecule has 0 spiro atoms. The van der Waals surface area contributed by atoms with Crippen molar-refractivity contribution in [1.29, 1.82) is 0 Å². The van der Waals surface area contributed by atoms with E-state index >= 15 is 0 Å². The summed E-state index contributed by atoms with van der Waals surface area (Å²) in [6.45, 7) is 6.04. The first-order valence-corrected chi connectivity index (χ1v) is 8.70. The molecule has 0 aliphatic carbocycles. The molecule has 0 N–H and O–H groups in total. The van der Waals surface area contributed by atoms with Crippen molar-refractivity contribution in [2.45, 2.75) is 32.7 Å². The number of rotatable bonds is 3. The Bertz CT molecular complexity index is 857. The topological polar surface area (TPSA) is 64.7 Å². The Morgan fingerprint density at radius 1 is 0.960 bits per heavy atom. The fraction of sp³-hybridized carbons (Fsp3) is 0.444. The van der Waals surface area contributed by atoms with E-state index in [4.69, 9.17) is 4.98 Å². The Labute approximate surface area is 147 Å². The van der Waals surface area contributed by atoms with Gasteiger partial charge in [0.1, 0.15) is 0 Å². The molecule has 0 radical (unpaired) electrons. The van der Waals surface area contributed by atoms with Crippen LogP contribution in [-0.2, 0) is 7.05 Å². The van der Waals surface area contributed by atoms with Crippen LogP contribution in [0.1, 0.15) is 30.3 Å². The second-order valence-electron chi connectivity index (χ2n) is 6.59. The second-order valence-corrected chi connectivity index (χ2v) is 6.59. The highest BCUT2D eigenvalue weighted by Crippen LogP contribution is 2.29. The molecule has 0 saturated carbocycles. The Morgan fingerprint density at radius 3 is 2.32 bits per heavy atom. The van der Waals surface area contributed by atoms with Gasteiger partial charge in [0.25, 0.3) is 0 Å². The first kappa shape index (κ1) is 15.8. The maximum Gasteiger partial charge on any atom is 0.225 e. The minimum Gasteiger partial charge on any atom is -0.341 e. The summed E-state index contributed by atoms with van der Waals surface area (Å²) in [6.07, 6.45) is 9.64. The Kier molecular flexibility index (Phi) is 3.99. The molecule has 1 aliphatic rings. The number of aryl methyl sites for hydroxylation is 1. The highest BCUT2D eigenvalue weighted by Gasteiger charge is 2.25. The molecule has 3 aromatic heterocycles. The van der Waals surface area contributed by atoms with Gasteiger partial charge in [0.05, 0.1) is 5.69 Å². The largest absolute Gasteiger partial charge is 0.341 e. The predicted octanol–water partition coefficient (Wildman–Crippen LogP) is 2.53. The lowest BCUT2D eigenvalue weighted by Crippen LogP contribution is -2.35. The maximum absolute atomic E-state index is 4.72. The lowest BCUT2D eigenvalue weighted by molar-refractivity contribution is 0.395. The number of nitrogens with zero attached hydrogens (tertiary/aromatic N) is 7. The Morgan fingerprint density at radius 2 is 1.68 bits per heavy atom. The lowest BCUT2D eigenvalue weighted by atomic mass is 10.0. The maximum atomic E-state index is 4.72. The highest BCUT2D eigenvalue weighted by molar-refractivity contribution is 5.47. The molecule has 0 bridgehead atoms. The fourth-order valence-corrected chi connectivity index (χ4v) is 3.50. The molecule has 0 amide bonds. The van der Waals surface area contributed by atoms with Crippen LogP contribution in [0.2, 0.25) is 0 Å². The van der Waals surface area contributed by atoms with E-state index in [1.807, 2.05) is 19.2 Å². The van der Waals surface area contributed by atoms with Gasteiger partial charge < -0.3 is 14.0 Å². The molecule has 0 unspecified atom stereocenters. The van der Waals surface area contributed by atoms with Crippen molar-refractivity contribution in [3.63, 3.8) is 0 Å². The smallest absolute Gasteiger partial charge is 0.225 e. The van der Waals surface area contributed by atoms with Gasteiger partial charge in [-0.05, 0) is 32.8 Å². The van der Waals surface area contributed by atoms with E-state index in [2.05, 4.69) is 49.2 Å². The van der Waals surface area contributed by atoms with Gasteiger partial charge in [-0.15, -0.1) is 0 Å². The number of hydrogen-bond acceptors (Lipinski definition) is 5. The average Bonchev–Trinajstić information content (AvgIpc) is 3.23. The summed E-state index contributed by atoms with van der Waals surface area (Å²) in [7, 11) is 2.05. The number of aromatic nitrogens is 6. The van der Waals surface area contributed by atoms with Crippen molar-refractivity contribution >= 4 is 5.95 Å². The van der Waals surface area contributed by atoms with E-state index in [9.17, 15) is 0 Å². The van der Waals surface area contributed by atoms with Gasteiger partial charge in [0, 0.05) is 56.7 Å². The van der Waals surface area contributed by atoms with Gasteiger partial charge in [0.15, 0.2) is 11.6 Å². The molecule has 4 rings (SSSR count). The SMILES string of the molecule is Cc1nc(-c2nccn2C2CCN(c3ncccn3)CC2)n(C)c1C. The van der Waals surface area contributed by atoms with Crippen LogP contribution >= 0.6 is 0 Å². The van der Waals surface area contributed by atoms with Crippen LogP contribution in [0.4, 0.5) is 5.95 Å². The number of hydrogen-bond donors (Lipinski definition) is 0. The molecule has 1 aliphatic heterocycles. The molecule has 1 saturated heterocycles. The summed E-state index contributed by atoms with van der Waals surface area (Å²) >= 11 is 0. The summed E-state index contributed by atoms with van der Waals surface area (Å²) in [5, 5.41) is 0. The Balaban J connectivity index is 1.55. The zero-order valence-corrected chi connectivity index (χ0v) is 14.9. The molecule has 25 heavy (non-hydrogen) atoms. The normalized spacial score (nSPS) is 15.7. The van der Waals surface area contributed by atoms with E-state index in [0.29, 0.717) is 6.04 Å². The van der Waals surface area contributed by atoms with Gasteiger partial charge in [-0.2, -0.15) is 0 Å². The van der Waals surface area contributed by atoms with Crippen molar-refractivity contribution in [2.24, 2.45) is 7.05 Å². The molecule has 3 aromatic rings. The first-order valence-electron chi connectivity index (χ1n) is 8.70. The summed E-state index contributed by atoms with van der Waals surface area (Å²) < 4.78 is 4.41. The lowest BCUT2D eigenvalue weighted by Gasteiger charge is -2.33. The molecule has 0 atom stereocenters. The van der Waals surface area contributed by atoms with Crippen molar-refractivity contribution in [1.82, 2.24) is 29.1 Å². The van der Waals surface area contributed by atoms with Crippen molar-refractivity contribution < 1.29 is 0 Å². The second kappa shape index (κ2) is 6.31. The Hall–Kier alpha value is -2.70. The van der Waals surface area contributed by atoms with Crippen LogP contribution in [0.5, 0.6) is 0 Å². The quantitative estimate of drug-likeness (QED) is 0.735. The van der Waals surface area contributed by atoms with Gasteiger partial charge >= 0.3 is 0 Å². The van der Waals surface area contributed by atoms with Gasteiger partial charge in [-0.25, -0.2) is 19.9 Å². The zero-order valence-electron chi connectivity index (χ0n) is 14.9. The van der Waals surface area contributed by atoms with E-state index in [-0.39, 0.29) is 0 Å². The third kappa shape index (κ3) is 2.79. The summed E-state index contributed by atoms with van der Waals surface area (Å²) in [4.78, 5) is 20.3. The van der Waals surface area contributed by atoms with E-state index < -0.39 is 0 Å². The summed E-state index contributed by atoms with van der Waals surface area (Å²) in [6, 6.07) is 2.28. The minimum atomic E-state index is 0.426. The first-order chi connectivity index (χ1) is 12.1. The third-order valence-electron chi connectivity index (χ3n) is 5.18. The van der Waals surface area contributed by atoms with Crippen molar-refractivity contribution in [3.05, 3.63) is 42.2 Å². The molecule has 7 nitrogen and oxygen atoms in total.